The van der Waals surface area contributed by atoms with Gasteiger partial charge in [0.15, 0.2) is 0 Å². The first-order chi connectivity index (χ1) is 10.7. The van der Waals surface area contributed by atoms with Crippen LogP contribution in [0.4, 0.5) is 0 Å². The van der Waals surface area contributed by atoms with Crippen molar-refractivity contribution in [1.82, 2.24) is 14.5 Å². The summed E-state index contributed by atoms with van der Waals surface area (Å²) in [4.78, 5) is 21.4. The van der Waals surface area contributed by atoms with Crippen LogP contribution in [0, 0.1) is 6.92 Å². The highest BCUT2D eigenvalue weighted by Gasteiger charge is 2.25. The zero-order valence-corrected chi connectivity index (χ0v) is 14.1. The third-order valence-corrected chi connectivity index (χ3v) is 5.33. The van der Waals surface area contributed by atoms with E-state index in [1.807, 2.05) is 11.1 Å². The first kappa shape index (κ1) is 15.3. The van der Waals surface area contributed by atoms with Crippen LogP contribution in [0.5, 0.6) is 0 Å². The summed E-state index contributed by atoms with van der Waals surface area (Å²) in [5.41, 5.74) is 0. The zero-order valence-electron chi connectivity index (χ0n) is 13.3. The van der Waals surface area contributed by atoms with E-state index in [4.69, 9.17) is 0 Å². The summed E-state index contributed by atoms with van der Waals surface area (Å²) >= 11 is 1.72. The fourth-order valence-corrected chi connectivity index (χ4v) is 4.08. The number of aromatic nitrogens is 2. The predicted molar refractivity (Wildman–Crippen MR) is 89.2 cm³/mol. The lowest BCUT2D eigenvalue weighted by atomic mass is 10.0. The lowest BCUT2D eigenvalue weighted by Gasteiger charge is -2.34. The van der Waals surface area contributed by atoms with E-state index < -0.39 is 0 Å². The standard InChI is InChI=1S/C17H23N3OS/c1-3-16-18-8-10-20(16)14-5-4-9-19(12-14)17(21)11-15-7-6-13(2)22-15/h6-8,10,14H,3-5,9,11-12H2,1-2H3/t14-/m0/s1. The number of hydrogen-bond acceptors (Lipinski definition) is 3. The van der Waals surface area contributed by atoms with Crippen LogP contribution in [0.1, 0.15) is 41.4 Å². The van der Waals surface area contributed by atoms with E-state index in [0.29, 0.717) is 12.5 Å². The average Bonchev–Trinajstić information content (AvgIpc) is 3.16. The number of carbonyl (C=O) groups is 1. The number of thiophene rings is 1. The SMILES string of the molecule is CCc1nccn1[C@H]1CCCN(C(=O)Cc2ccc(C)s2)C1. The van der Waals surface area contributed by atoms with Crippen LogP contribution in [-0.2, 0) is 17.6 Å². The third kappa shape index (κ3) is 3.24. The topological polar surface area (TPSA) is 38.1 Å². The Bertz CT molecular complexity index is 646. The minimum absolute atomic E-state index is 0.254. The molecular weight excluding hydrogens is 294 g/mol. The molecule has 4 nitrogen and oxygen atoms in total. The molecule has 22 heavy (non-hydrogen) atoms. The molecule has 0 saturated carbocycles. The molecule has 3 heterocycles. The minimum atomic E-state index is 0.254. The van der Waals surface area contributed by atoms with Crippen molar-refractivity contribution < 1.29 is 4.79 Å². The van der Waals surface area contributed by atoms with Gasteiger partial charge in [-0.2, -0.15) is 0 Å². The van der Waals surface area contributed by atoms with Crippen LogP contribution in [0.2, 0.25) is 0 Å². The van der Waals surface area contributed by atoms with Gasteiger partial charge in [0.05, 0.1) is 12.5 Å². The van der Waals surface area contributed by atoms with E-state index in [2.05, 4.69) is 41.7 Å². The van der Waals surface area contributed by atoms with Crippen LogP contribution in [0.3, 0.4) is 0 Å². The molecule has 0 unspecified atom stereocenters. The monoisotopic (exact) mass is 317 g/mol. The molecule has 0 N–H and O–H groups in total. The summed E-state index contributed by atoms with van der Waals surface area (Å²) in [5, 5.41) is 0. The lowest BCUT2D eigenvalue weighted by Crippen LogP contribution is -2.41. The number of amides is 1. The second-order valence-electron chi connectivity index (χ2n) is 5.93. The molecule has 0 radical (unpaired) electrons. The van der Waals surface area contributed by atoms with E-state index in [1.54, 1.807) is 11.3 Å². The molecule has 1 fully saturated rings. The van der Waals surface area contributed by atoms with Gasteiger partial charge in [0.2, 0.25) is 5.91 Å². The van der Waals surface area contributed by atoms with Crippen LogP contribution in [0.25, 0.3) is 0 Å². The normalized spacial score (nSPS) is 18.6. The highest BCUT2D eigenvalue weighted by atomic mass is 32.1. The number of imidazole rings is 1. The first-order valence-corrected chi connectivity index (χ1v) is 8.84. The van der Waals surface area contributed by atoms with Crippen molar-refractivity contribution in [2.24, 2.45) is 0 Å². The van der Waals surface area contributed by atoms with Gasteiger partial charge >= 0.3 is 0 Å². The molecule has 3 rings (SSSR count). The molecule has 1 saturated heterocycles. The van der Waals surface area contributed by atoms with Gasteiger partial charge < -0.3 is 9.47 Å². The van der Waals surface area contributed by atoms with Crippen LogP contribution < -0.4 is 0 Å². The Kier molecular flexibility index (Phi) is 4.62. The maximum atomic E-state index is 12.6. The Morgan fingerprint density at radius 3 is 3.05 bits per heavy atom. The quantitative estimate of drug-likeness (QED) is 0.868. The number of rotatable bonds is 4. The van der Waals surface area contributed by atoms with Crippen molar-refractivity contribution in [2.45, 2.75) is 45.6 Å². The van der Waals surface area contributed by atoms with E-state index in [-0.39, 0.29) is 5.91 Å². The molecule has 0 aromatic carbocycles. The lowest BCUT2D eigenvalue weighted by molar-refractivity contribution is -0.132. The molecule has 0 aliphatic carbocycles. The minimum Gasteiger partial charge on any atom is -0.340 e. The number of carbonyl (C=O) groups excluding carboxylic acids is 1. The van der Waals surface area contributed by atoms with Gasteiger partial charge in [-0.05, 0) is 31.9 Å². The fraction of sp³-hybridized carbons (Fsp3) is 0.529. The Labute approximate surface area is 135 Å². The van der Waals surface area contributed by atoms with Gasteiger partial charge in [0, 0.05) is 41.7 Å². The highest BCUT2D eigenvalue weighted by Crippen LogP contribution is 2.24. The largest absolute Gasteiger partial charge is 0.340 e. The number of hydrogen-bond donors (Lipinski definition) is 0. The van der Waals surface area contributed by atoms with Gasteiger partial charge in [-0.3, -0.25) is 4.79 Å². The van der Waals surface area contributed by atoms with Crippen molar-refractivity contribution in [3.63, 3.8) is 0 Å². The molecule has 1 atom stereocenters. The number of nitrogens with zero attached hydrogens (tertiary/aromatic N) is 3. The summed E-state index contributed by atoms with van der Waals surface area (Å²) in [6, 6.07) is 4.54. The molecule has 2 aromatic rings. The molecule has 1 aliphatic heterocycles. The second kappa shape index (κ2) is 6.65. The smallest absolute Gasteiger partial charge is 0.227 e. The molecule has 118 valence electrons. The van der Waals surface area contributed by atoms with Crippen LogP contribution in [0.15, 0.2) is 24.5 Å². The Balaban J connectivity index is 1.66. The Hall–Kier alpha value is -1.62. The Morgan fingerprint density at radius 1 is 1.45 bits per heavy atom. The zero-order chi connectivity index (χ0) is 15.5. The molecule has 1 aliphatic rings. The maximum Gasteiger partial charge on any atom is 0.227 e. The van der Waals surface area contributed by atoms with Gasteiger partial charge in [0.25, 0.3) is 0 Å². The Morgan fingerprint density at radius 2 is 2.32 bits per heavy atom. The van der Waals surface area contributed by atoms with E-state index in [0.717, 1.165) is 38.2 Å². The van der Waals surface area contributed by atoms with Crippen molar-refractivity contribution in [3.8, 4) is 0 Å². The van der Waals surface area contributed by atoms with Crippen LogP contribution >= 0.6 is 11.3 Å². The summed E-state index contributed by atoms with van der Waals surface area (Å²) < 4.78 is 2.26. The number of aryl methyl sites for hydroxylation is 2. The second-order valence-corrected chi connectivity index (χ2v) is 7.30. The molecule has 5 heteroatoms. The summed E-state index contributed by atoms with van der Waals surface area (Å²) in [7, 11) is 0. The predicted octanol–water partition coefficient (Wildman–Crippen LogP) is 3.22. The maximum absolute atomic E-state index is 12.6. The number of likely N-dealkylation sites (tertiary alicyclic amines) is 1. The van der Waals surface area contributed by atoms with Gasteiger partial charge in [-0.1, -0.05) is 6.92 Å². The molecular formula is C17H23N3OS. The summed E-state index contributed by atoms with van der Waals surface area (Å²) in [5.74, 6) is 1.37. The molecule has 2 aromatic heterocycles. The van der Waals surface area contributed by atoms with E-state index >= 15 is 0 Å². The average molecular weight is 317 g/mol. The van der Waals surface area contributed by atoms with E-state index in [9.17, 15) is 4.79 Å². The van der Waals surface area contributed by atoms with Gasteiger partial charge in [-0.15, -0.1) is 11.3 Å². The molecule has 0 bridgehead atoms. The molecule has 1 amide bonds. The van der Waals surface area contributed by atoms with E-state index in [1.165, 1.54) is 9.75 Å². The van der Waals surface area contributed by atoms with Crippen LogP contribution in [-0.4, -0.2) is 33.4 Å². The fourth-order valence-electron chi connectivity index (χ4n) is 3.20. The van der Waals surface area contributed by atoms with Crippen molar-refractivity contribution >= 4 is 17.2 Å². The summed E-state index contributed by atoms with van der Waals surface area (Å²) in [6.07, 6.45) is 7.60. The van der Waals surface area contributed by atoms with Gasteiger partial charge in [-0.25, -0.2) is 4.98 Å². The van der Waals surface area contributed by atoms with Gasteiger partial charge in [0.1, 0.15) is 5.82 Å². The van der Waals surface area contributed by atoms with Crippen molar-refractivity contribution in [2.75, 3.05) is 13.1 Å². The first-order valence-electron chi connectivity index (χ1n) is 8.02. The number of piperidine rings is 1. The summed E-state index contributed by atoms with van der Waals surface area (Å²) in [6.45, 7) is 5.91. The molecule has 0 spiro atoms. The highest BCUT2D eigenvalue weighted by molar-refractivity contribution is 7.12. The third-order valence-electron chi connectivity index (χ3n) is 4.33. The van der Waals surface area contributed by atoms with Crippen molar-refractivity contribution in [1.29, 1.82) is 0 Å². The van der Waals surface area contributed by atoms with Crippen molar-refractivity contribution in [3.05, 3.63) is 40.1 Å².